The van der Waals surface area contributed by atoms with Crippen LogP contribution in [0.4, 0.5) is 0 Å². The number of likely N-dealkylation sites (tertiary alicyclic amines) is 1. The molecule has 3 aliphatic heterocycles. The number of fused-ring (bicyclic) bond motifs is 2. The van der Waals surface area contributed by atoms with Crippen molar-refractivity contribution >= 4 is 5.91 Å². The molecule has 0 radical (unpaired) electrons. The second-order valence-electron chi connectivity index (χ2n) is 7.40. The van der Waals surface area contributed by atoms with E-state index in [1.54, 1.807) is 0 Å². The summed E-state index contributed by atoms with van der Waals surface area (Å²) in [5, 5.41) is 3.60. The maximum atomic E-state index is 12.9. The first-order valence-corrected chi connectivity index (χ1v) is 8.83. The van der Waals surface area contributed by atoms with Crippen LogP contribution in [0.15, 0.2) is 30.3 Å². The van der Waals surface area contributed by atoms with Crippen LogP contribution >= 0.6 is 0 Å². The van der Waals surface area contributed by atoms with Crippen molar-refractivity contribution < 1.29 is 4.79 Å². The zero-order chi connectivity index (χ0) is 15.1. The fraction of sp³-hybridized carbons (Fsp3) is 0.632. The number of amides is 1. The maximum Gasteiger partial charge on any atom is 0.227 e. The number of benzene rings is 1. The lowest BCUT2D eigenvalue weighted by Gasteiger charge is -2.30. The second kappa shape index (κ2) is 5.69. The van der Waals surface area contributed by atoms with Gasteiger partial charge in [0.15, 0.2) is 0 Å². The van der Waals surface area contributed by atoms with Crippen LogP contribution in [-0.2, 0) is 11.2 Å². The zero-order valence-electron chi connectivity index (χ0n) is 13.4. The maximum absolute atomic E-state index is 12.9. The highest BCUT2D eigenvalue weighted by molar-refractivity contribution is 5.81. The number of rotatable bonds is 3. The minimum absolute atomic E-state index is 0.247. The number of nitrogens with one attached hydrogen (secondary N) is 1. The highest BCUT2D eigenvalue weighted by atomic mass is 16.2. The van der Waals surface area contributed by atoms with E-state index in [-0.39, 0.29) is 5.92 Å². The van der Waals surface area contributed by atoms with Gasteiger partial charge in [0.05, 0.1) is 5.92 Å². The van der Waals surface area contributed by atoms with Crippen LogP contribution in [0.5, 0.6) is 0 Å². The van der Waals surface area contributed by atoms with Gasteiger partial charge in [-0.3, -0.25) is 4.79 Å². The van der Waals surface area contributed by atoms with Gasteiger partial charge in [-0.15, -0.1) is 0 Å². The van der Waals surface area contributed by atoms with Crippen molar-refractivity contribution in [2.75, 3.05) is 6.54 Å². The molecule has 2 unspecified atom stereocenters. The van der Waals surface area contributed by atoms with Gasteiger partial charge in [-0.1, -0.05) is 30.3 Å². The fourth-order valence-corrected chi connectivity index (χ4v) is 4.81. The standard InChI is InChI=1S/C19H26N2O/c1-13-15(11-14-5-3-2-4-6-14)9-10-21(13)19(22)17-12-16-7-8-18(17)20-16/h2-6,13,15-18,20H,7-12H2,1H3/t13?,15?,16-,17+,18+/m0/s1. The first kappa shape index (κ1) is 14.3. The number of hydrogen-bond acceptors (Lipinski definition) is 2. The van der Waals surface area contributed by atoms with Crippen molar-refractivity contribution in [1.82, 2.24) is 10.2 Å². The predicted octanol–water partition coefficient (Wildman–Crippen LogP) is 2.61. The summed E-state index contributed by atoms with van der Waals surface area (Å²) in [5.41, 5.74) is 1.40. The van der Waals surface area contributed by atoms with E-state index in [2.05, 4.69) is 47.5 Å². The molecule has 3 heterocycles. The van der Waals surface area contributed by atoms with E-state index in [4.69, 9.17) is 0 Å². The Morgan fingerprint density at radius 3 is 2.73 bits per heavy atom. The van der Waals surface area contributed by atoms with Crippen LogP contribution in [0.25, 0.3) is 0 Å². The Morgan fingerprint density at radius 2 is 2.05 bits per heavy atom. The molecular formula is C19H26N2O. The number of hydrogen-bond donors (Lipinski definition) is 1. The lowest BCUT2D eigenvalue weighted by Crippen LogP contribution is -2.43. The van der Waals surface area contributed by atoms with Gasteiger partial charge in [-0.2, -0.15) is 0 Å². The van der Waals surface area contributed by atoms with Gasteiger partial charge in [0.2, 0.25) is 5.91 Å². The lowest BCUT2D eigenvalue weighted by atomic mass is 9.87. The van der Waals surface area contributed by atoms with Crippen LogP contribution in [-0.4, -0.2) is 35.5 Å². The van der Waals surface area contributed by atoms with Crippen molar-refractivity contribution in [2.24, 2.45) is 11.8 Å². The normalized spacial score (nSPS) is 37.0. The van der Waals surface area contributed by atoms with Crippen LogP contribution in [0.1, 0.15) is 38.2 Å². The Hall–Kier alpha value is -1.35. The molecule has 3 saturated heterocycles. The first-order valence-electron chi connectivity index (χ1n) is 8.83. The van der Waals surface area contributed by atoms with Crippen LogP contribution in [0.3, 0.4) is 0 Å². The Morgan fingerprint density at radius 1 is 1.23 bits per heavy atom. The van der Waals surface area contributed by atoms with E-state index in [1.807, 2.05) is 0 Å². The molecule has 0 aliphatic carbocycles. The highest BCUT2D eigenvalue weighted by Gasteiger charge is 2.46. The molecule has 3 fully saturated rings. The summed E-state index contributed by atoms with van der Waals surface area (Å²) in [6.45, 7) is 3.20. The molecule has 1 aromatic rings. The molecule has 4 rings (SSSR count). The summed E-state index contributed by atoms with van der Waals surface area (Å²) in [7, 11) is 0. The van der Waals surface area contributed by atoms with Gasteiger partial charge in [-0.25, -0.2) is 0 Å². The van der Waals surface area contributed by atoms with Crippen LogP contribution in [0, 0.1) is 11.8 Å². The van der Waals surface area contributed by atoms with E-state index >= 15 is 0 Å². The first-order chi connectivity index (χ1) is 10.7. The lowest BCUT2D eigenvalue weighted by molar-refractivity contribution is -0.137. The van der Waals surface area contributed by atoms with Crippen LogP contribution < -0.4 is 5.32 Å². The molecule has 1 N–H and O–H groups in total. The van der Waals surface area contributed by atoms with E-state index < -0.39 is 0 Å². The SMILES string of the molecule is CC1C(Cc2ccccc2)CCN1C(=O)[C@@H]1C[C@@H]2CC[C@H]1N2. The second-order valence-corrected chi connectivity index (χ2v) is 7.40. The van der Waals surface area contributed by atoms with Crippen molar-refractivity contribution in [3.05, 3.63) is 35.9 Å². The molecule has 5 atom stereocenters. The molecule has 3 heteroatoms. The molecule has 118 valence electrons. The molecule has 3 nitrogen and oxygen atoms in total. The van der Waals surface area contributed by atoms with Crippen LogP contribution in [0.2, 0.25) is 0 Å². The number of carbonyl (C=O) groups is 1. The zero-order valence-corrected chi connectivity index (χ0v) is 13.4. The number of nitrogens with zero attached hydrogens (tertiary/aromatic N) is 1. The van der Waals surface area contributed by atoms with Gasteiger partial charge in [0.25, 0.3) is 0 Å². The molecule has 22 heavy (non-hydrogen) atoms. The average molecular weight is 298 g/mol. The third kappa shape index (κ3) is 2.45. The Bertz CT molecular complexity index is 544. The van der Waals surface area contributed by atoms with Crippen molar-refractivity contribution in [3.8, 4) is 0 Å². The van der Waals surface area contributed by atoms with Gasteiger partial charge in [0.1, 0.15) is 0 Å². The smallest absolute Gasteiger partial charge is 0.227 e. The minimum atomic E-state index is 0.247. The summed E-state index contributed by atoms with van der Waals surface area (Å²) in [5.74, 6) is 1.28. The van der Waals surface area contributed by atoms with Crippen molar-refractivity contribution in [1.29, 1.82) is 0 Å². The molecule has 1 aromatic carbocycles. The van der Waals surface area contributed by atoms with E-state index in [0.717, 1.165) is 25.8 Å². The van der Waals surface area contributed by atoms with Gasteiger partial charge >= 0.3 is 0 Å². The Labute approximate surface area is 133 Å². The predicted molar refractivity (Wildman–Crippen MR) is 87.5 cm³/mol. The summed E-state index contributed by atoms with van der Waals surface area (Å²) >= 11 is 0. The summed E-state index contributed by atoms with van der Waals surface area (Å²) in [4.78, 5) is 15.1. The largest absolute Gasteiger partial charge is 0.339 e. The minimum Gasteiger partial charge on any atom is -0.339 e. The molecule has 0 spiro atoms. The Kier molecular flexibility index (Phi) is 3.69. The van der Waals surface area contributed by atoms with E-state index in [0.29, 0.717) is 30.0 Å². The van der Waals surface area contributed by atoms with E-state index in [9.17, 15) is 4.79 Å². The van der Waals surface area contributed by atoms with Gasteiger partial charge in [0, 0.05) is 24.7 Å². The molecule has 0 saturated carbocycles. The summed E-state index contributed by atoms with van der Waals surface area (Å²) in [6, 6.07) is 12.1. The monoisotopic (exact) mass is 298 g/mol. The third-order valence-corrected chi connectivity index (χ3v) is 6.16. The number of carbonyl (C=O) groups excluding carboxylic acids is 1. The summed E-state index contributed by atoms with van der Waals surface area (Å²) in [6.07, 6.45) is 5.77. The highest BCUT2D eigenvalue weighted by Crippen LogP contribution is 2.37. The molecule has 0 aromatic heterocycles. The van der Waals surface area contributed by atoms with Gasteiger partial charge < -0.3 is 10.2 Å². The Balaban J connectivity index is 1.41. The molecule has 1 amide bonds. The molecule has 3 aliphatic rings. The van der Waals surface area contributed by atoms with E-state index in [1.165, 1.54) is 18.4 Å². The molecular weight excluding hydrogens is 272 g/mol. The average Bonchev–Trinajstić information content (AvgIpc) is 3.25. The molecule has 2 bridgehead atoms. The topological polar surface area (TPSA) is 32.3 Å². The summed E-state index contributed by atoms with van der Waals surface area (Å²) < 4.78 is 0. The van der Waals surface area contributed by atoms with Crippen molar-refractivity contribution in [2.45, 2.75) is 57.2 Å². The fourth-order valence-electron chi connectivity index (χ4n) is 4.81. The quantitative estimate of drug-likeness (QED) is 0.930. The van der Waals surface area contributed by atoms with Crippen molar-refractivity contribution in [3.63, 3.8) is 0 Å². The third-order valence-electron chi connectivity index (χ3n) is 6.16. The van der Waals surface area contributed by atoms with Gasteiger partial charge in [-0.05, 0) is 50.5 Å².